The van der Waals surface area contributed by atoms with Gasteiger partial charge < -0.3 is 15.4 Å². The van der Waals surface area contributed by atoms with E-state index in [1.165, 1.54) is 0 Å². The molecule has 120 valence electrons. The van der Waals surface area contributed by atoms with Gasteiger partial charge in [-0.2, -0.15) is 0 Å². The summed E-state index contributed by atoms with van der Waals surface area (Å²) in [5.41, 5.74) is 1.34. The highest BCUT2D eigenvalue weighted by Gasteiger charge is 2.17. The summed E-state index contributed by atoms with van der Waals surface area (Å²) in [5, 5.41) is 5.63. The zero-order chi connectivity index (χ0) is 16.8. The van der Waals surface area contributed by atoms with Crippen molar-refractivity contribution in [3.8, 4) is 5.75 Å². The molecule has 2 aromatic rings. The number of benzene rings is 2. The Hall–Kier alpha value is -2.53. The molecule has 23 heavy (non-hydrogen) atoms. The topological polar surface area (TPSA) is 67.4 Å². The van der Waals surface area contributed by atoms with Crippen molar-refractivity contribution in [2.24, 2.45) is 0 Å². The summed E-state index contributed by atoms with van der Waals surface area (Å²) in [6, 6.07) is 13.5. The van der Waals surface area contributed by atoms with E-state index in [-0.39, 0.29) is 6.04 Å². The van der Waals surface area contributed by atoms with Crippen molar-refractivity contribution >= 4 is 29.1 Å². The molecule has 0 fully saturated rings. The molecule has 0 aliphatic rings. The van der Waals surface area contributed by atoms with Gasteiger partial charge in [-0.15, -0.1) is 0 Å². The molecule has 0 saturated carbocycles. The van der Waals surface area contributed by atoms with E-state index in [9.17, 15) is 9.59 Å². The molecule has 6 heteroatoms. The van der Waals surface area contributed by atoms with Crippen LogP contribution in [0.5, 0.6) is 5.75 Å². The smallest absolute Gasteiger partial charge is 0.313 e. The first-order valence-corrected chi connectivity index (χ1v) is 7.39. The Kier molecular flexibility index (Phi) is 5.60. The number of anilines is 1. The van der Waals surface area contributed by atoms with E-state index >= 15 is 0 Å². The molecule has 2 rings (SSSR count). The van der Waals surface area contributed by atoms with E-state index in [4.69, 9.17) is 16.3 Å². The van der Waals surface area contributed by atoms with Gasteiger partial charge in [-0.3, -0.25) is 9.59 Å². The molecule has 2 amide bonds. The van der Waals surface area contributed by atoms with E-state index in [0.717, 1.165) is 11.3 Å². The quantitative estimate of drug-likeness (QED) is 0.845. The molecule has 5 nitrogen and oxygen atoms in total. The van der Waals surface area contributed by atoms with Crippen LogP contribution in [0.25, 0.3) is 0 Å². The van der Waals surface area contributed by atoms with Crippen LogP contribution in [0.15, 0.2) is 48.5 Å². The van der Waals surface area contributed by atoms with Crippen LogP contribution in [0.2, 0.25) is 5.02 Å². The maximum absolute atomic E-state index is 12.0. The van der Waals surface area contributed by atoms with Crippen molar-refractivity contribution in [3.63, 3.8) is 0 Å². The van der Waals surface area contributed by atoms with Crippen molar-refractivity contribution in [3.05, 3.63) is 59.1 Å². The van der Waals surface area contributed by atoms with Gasteiger partial charge in [0.1, 0.15) is 5.75 Å². The van der Waals surface area contributed by atoms with Gasteiger partial charge in [0.05, 0.1) is 13.2 Å². The SMILES string of the molecule is COc1ccc(C(C)NC(=O)C(=O)Nc2cccc(Cl)c2)cc1. The highest BCUT2D eigenvalue weighted by molar-refractivity contribution is 6.40. The fraction of sp³-hybridized carbons (Fsp3) is 0.176. The average molecular weight is 333 g/mol. The lowest BCUT2D eigenvalue weighted by atomic mass is 10.1. The Morgan fingerprint density at radius 3 is 2.39 bits per heavy atom. The van der Waals surface area contributed by atoms with Crippen LogP contribution in [0.1, 0.15) is 18.5 Å². The second kappa shape index (κ2) is 7.65. The summed E-state index contributed by atoms with van der Waals surface area (Å²) < 4.78 is 5.08. The molecule has 0 aliphatic carbocycles. The van der Waals surface area contributed by atoms with Crippen molar-refractivity contribution in [1.82, 2.24) is 5.32 Å². The lowest BCUT2D eigenvalue weighted by Crippen LogP contribution is -2.36. The molecule has 0 heterocycles. The number of carbonyl (C=O) groups is 2. The largest absolute Gasteiger partial charge is 0.497 e. The first-order chi connectivity index (χ1) is 11.0. The van der Waals surface area contributed by atoms with E-state index < -0.39 is 11.8 Å². The normalized spacial score (nSPS) is 11.4. The third kappa shape index (κ3) is 4.72. The zero-order valence-electron chi connectivity index (χ0n) is 12.8. The number of halogens is 1. The van der Waals surface area contributed by atoms with Crippen LogP contribution < -0.4 is 15.4 Å². The molecular weight excluding hydrogens is 316 g/mol. The van der Waals surface area contributed by atoms with E-state index in [1.54, 1.807) is 50.4 Å². The summed E-state index contributed by atoms with van der Waals surface area (Å²) in [7, 11) is 1.58. The Morgan fingerprint density at radius 1 is 1.09 bits per heavy atom. The maximum atomic E-state index is 12.0. The highest BCUT2D eigenvalue weighted by Crippen LogP contribution is 2.17. The number of methoxy groups -OCH3 is 1. The lowest BCUT2D eigenvalue weighted by molar-refractivity contribution is -0.136. The number of hydrogen-bond acceptors (Lipinski definition) is 3. The van der Waals surface area contributed by atoms with Gasteiger partial charge in [-0.05, 0) is 42.8 Å². The molecule has 0 saturated heterocycles. The molecule has 0 aliphatic heterocycles. The van der Waals surface area contributed by atoms with Crippen LogP contribution in [0.4, 0.5) is 5.69 Å². The molecule has 2 aromatic carbocycles. The van der Waals surface area contributed by atoms with Crippen LogP contribution in [-0.2, 0) is 9.59 Å². The molecule has 0 radical (unpaired) electrons. The van der Waals surface area contributed by atoms with Crippen molar-refractivity contribution < 1.29 is 14.3 Å². The minimum Gasteiger partial charge on any atom is -0.497 e. The number of amides is 2. The molecule has 0 aromatic heterocycles. The minimum absolute atomic E-state index is 0.307. The molecule has 0 spiro atoms. The van der Waals surface area contributed by atoms with Gasteiger partial charge in [0.15, 0.2) is 0 Å². The van der Waals surface area contributed by atoms with Gasteiger partial charge in [0.25, 0.3) is 0 Å². The average Bonchev–Trinajstić information content (AvgIpc) is 2.54. The standard InChI is InChI=1S/C17H17ClN2O3/c1-11(12-6-8-15(23-2)9-7-12)19-16(21)17(22)20-14-5-3-4-13(18)10-14/h3-11H,1-2H3,(H,19,21)(H,20,22). The predicted molar refractivity (Wildman–Crippen MR) is 89.6 cm³/mol. The van der Waals surface area contributed by atoms with E-state index in [0.29, 0.717) is 10.7 Å². The molecule has 2 N–H and O–H groups in total. The van der Waals surface area contributed by atoms with Gasteiger partial charge >= 0.3 is 11.8 Å². The third-order valence-corrected chi connectivity index (χ3v) is 3.49. The number of rotatable bonds is 4. The number of carbonyl (C=O) groups excluding carboxylic acids is 2. The van der Waals surface area contributed by atoms with Crippen molar-refractivity contribution in [2.75, 3.05) is 12.4 Å². The number of nitrogens with one attached hydrogen (secondary N) is 2. The number of hydrogen-bond donors (Lipinski definition) is 2. The summed E-state index contributed by atoms with van der Waals surface area (Å²) in [6.07, 6.45) is 0. The van der Waals surface area contributed by atoms with E-state index in [1.807, 2.05) is 12.1 Å². The van der Waals surface area contributed by atoms with Gasteiger partial charge in [-0.1, -0.05) is 29.8 Å². The van der Waals surface area contributed by atoms with Crippen LogP contribution >= 0.6 is 11.6 Å². The summed E-state index contributed by atoms with van der Waals surface area (Å²) in [5.74, 6) is -0.730. The molecule has 1 unspecified atom stereocenters. The second-order valence-electron chi connectivity index (χ2n) is 4.93. The fourth-order valence-electron chi connectivity index (χ4n) is 1.99. The van der Waals surface area contributed by atoms with Gasteiger partial charge in [0, 0.05) is 10.7 Å². The van der Waals surface area contributed by atoms with Crippen molar-refractivity contribution in [2.45, 2.75) is 13.0 Å². The molecule has 0 bridgehead atoms. The zero-order valence-corrected chi connectivity index (χ0v) is 13.6. The fourth-order valence-corrected chi connectivity index (χ4v) is 2.18. The molecular formula is C17H17ClN2O3. The predicted octanol–water partition coefficient (Wildman–Crippen LogP) is 3.16. The summed E-state index contributed by atoms with van der Waals surface area (Å²) >= 11 is 5.83. The first kappa shape index (κ1) is 16.8. The second-order valence-corrected chi connectivity index (χ2v) is 5.37. The van der Waals surface area contributed by atoms with Gasteiger partial charge in [-0.25, -0.2) is 0 Å². The van der Waals surface area contributed by atoms with Crippen molar-refractivity contribution in [1.29, 1.82) is 0 Å². The Morgan fingerprint density at radius 2 is 1.78 bits per heavy atom. The first-order valence-electron chi connectivity index (χ1n) is 7.01. The van der Waals surface area contributed by atoms with Crippen LogP contribution in [-0.4, -0.2) is 18.9 Å². The minimum atomic E-state index is -0.743. The molecule has 1 atom stereocenters. The lowest BCUT2D eigenvalue weighted by Gasteiger charge is -2.14. The van der Waals surface area contributed by atoms with Crippen LogP contribution in [0.3, 0.4) is 0 Å². The maximum Gasteiger partial charge on any atom is 0.313 e. The number of ether oxygens (including phenoxy) is 1. The highest BCUT2D eigenvalue weighted by atomic mass is 35.5. The monoisotopic (exact) mass is 332 g/mol. The Balaban J connectivity index is 1.95. The summed E-state index contributed by atoms with van der Waals surface area (Å²) in [4.78, 5) is 23.9. The third-order valence-electron chi connectivity index (χ3n) is 3.25. The Bertz CT molecular complexity index is 701. The van der Waals surface area contributed by atoms with Crippen LogP contribution in [0, 0.1) is 0 Å². The Labute approximate surface area is 139 Å². The summed E-state index contributed by atoms with van der Waals surface area (Å²) in [6.45, 7) is 1.80. The van der Waals surface area contributed by atoms with E-state index in [2.05, 4.69) is 10.6 Å². The van der Waals surface area contributed by atoms with Gasteiger partial charge in [0.2, 0.25) is 0 Å².